The maximum atomic E-state index is 12.0. The van der Waals surface area contributed by atoms with E-state index in [1.54, 1.807) is 0 Å². The summed E-state index contributed by atoms with van der Waals surface area (Å²) in [5.74, 6) is 0.255. The Kier molecular flexibility index (Phi) is 4.94. The lowest BCUT2D eigenvalue weighted by molar-refractivity contribution is -0.127. The molecule has 0 saturated heterocycles. The Morgan fingerprint density at radius 2 is 1.78 bits per heavy atom. The van der Waals surface area contributed by atoms with E-state index in [1.165, 1.54) is 5.56 Å². The van der Waals surface area contributed by atoms with Crippen LogP contribution >= 0.6 is 11.6 Å². The second kappa shape index (κ2) is 5.85. The number of benzene rings is 1. The Balaban J connectivity index is 2.70. The highest BCUT2D eigenvalue weighted by Gasteiger charge is 2.24. The van der Waals surface area contributed by atoms with Gasteiger partial charge in [-0.2, -0.15) is 0 Å². The number of hydrogen-bond acceptors (Lipinski definition) is 2. The minimum atomic E-state index is -0.284. The van der Waals surface area contributed by atoms with Crippen LogP contribution in [-0.2, 0) is 4.79 Å². The summed E-state index contributed by atoms with van der Waals surface area (Å²) in [5.41, 5.74) is 0.886. The molecule has 0 aliphatic rings. The van der Waals surface area contributed by atoms with Crippen molar-refractivity contribution in [2.75, 3.05) is 13.6 Å². The zero-order valence-electron chi connectivity index (χ0n) is 11.8. The maximum absolute atomic E-state index is 12.0. The van der Waals surface area contributed by atoms with Crippen molar-refractivity contribution in [2.45, 2.75) is 33.7 Å². The van der Waals surface area contributed by atoms with Crippen LogP contribution in [0.5, 0.6) is 0 Å². The maximum Gasteiger partial charge on any atom is 0.152 e. The zero-order valence-corrected chi connectivity index (χ0v) is 12.6. The predicted molar refractivity (Wildman–Crippen MR) is 77.0 cm³/mol. The first-order valence-corrected chi connectivity index (χ1v) is 6.58. The molecule has 18 heavy (non-hydrogen) atoms. The monoisotopic (exact) mass is 267 g/mol. The third-order valence-electron chi connectivity index (χ3n) is 3.24. The fourth-order valence-corrected chi connectivity index (χ4v) is 1.72. The number of ketones is 1. The van der Waals surface area contributed by atoms with Gasteiger partial charge in [0, 0.05) is 16.5 Å². The highest BCUT2D eigenvalue weighted by Crippen LogP contribution is 2.22. The number of hydrogen-bond donors (Lipinski definition) is 0. The summed E-state index contributed by atoms with van der Waals surface area (Å²) in [6.07, 6.45) is 0. The number of Topliss-reactive ketones (excluding diaryl/α,β-unsaturated/α-hetero) is 1. The van der Waals surface area contributed by atoms with Crippen molar-refractivity contribution in [3.05, 3.63) is 34.9 Å². The lowest BCUT2D eigenvalue weighted by Crippen LogP contribution is -2.34. The molecule has 0 bridgehead atoms. The van der Waals surface area contributed by atoms with Crippen molar-refractivity contribution in [3.63, 3.8) is 0 Å². The van der Waals surface area contributed by atoms with Crippen molar-refractivity contribution in [1.82, 2.24) is 4.90 Å². The minimum absolute atomic E-state index is 0.202. The largest absolute Gasteiger partial charge is 0.298 e. The Morgan fingerprint density at radius 1 is 1.28 bits per heavy atom. The van der Waals surface area contributed by atoms with E-state index < -0.39 is 0 Å². The molecule has 0 heterocycles. The first-order chi connectivity index (χ1) is 8.21. The molecule has 0 N–H and O–H groups in total. The molecule has 0 fully saturated rings. The molecule has 2 nitrogen and oxygen atoms in total. The average Bonchev–Trinajstić information content (AvgIpc) is 2.27. The number of rotatable bonds is 4. The number of carbonyl (C=O) groups is 1. The van der Waals surface area contributed by atoms with Gasteiger partial charge in [-0.15, -0.1) is 0 Å². The van der Waals surface area contributed by atoms with Crippen LogP contribution in [0.25, 0.3) is 0 Å². The van der Waals surface area contributed by atoms with E-state index in [9.17, 15) is 4.79 Å². The van der Waals surface area contributed by atoms with E-state index in [2.05, 4.69) is 11.8 Å². The number of carbonyl (C=O) groups excluding carboxylic acids is 1. The number of nitrogens with zero attached hydrogens (tertiary/aromatic N) is 1. The molecule has 100 valence electrons. The molecule has 0 aliphatic heterocycles. The quantitative estimate of drug-likeness (QED) is 0.823. The van der Waals surface area contributed by atoms with E-state index in [0.717, 1.165) is 5.02 Å². The fourth-order valence-electron chi connectivity index (χ4n) is 1.60. The highest BCUT2D eigenvalue weighted by molar-refractivity contribution is 6.30. The van der Waals surface area contributed by atoms with Gasteiger partial charge in [0.05, 0.1) is 6.54 Å². The van der Waals surface area contributed by atoms with Crippen LogP contribution in [-0.4, -0.2) is 24.3 Å². The van der Waals surface area contributed by atoms with Crippen molar-refractivity contribution in [3.8, 4) is 0 Å². The predicted octanol–water partition coefficient (Wildman–Crippen LogP) is 3.95. The van der Waals surface area contributed by atoms with Crippen LogP contribution in [0.4, 0.5) is 0 Å². The molecule has 1 rings (SSSR count). The van der Waals surface area contributed by atoms with Gasteiger partial charge >= 0.3 is 0 Å². The van der Waals surface area contributed by atoms with E-state index in [-0.39, 0.29) is 17.2 Å². The molecule has 1 unspecified atom stereocenters. The SMILES string of the molecule is CC(c1ccc(Cl)cc1)N(C)CC(=O)C(C)(C)C. The first-order valence-electron chi connectivity index (χ1n) is 6.21. The smallest absolute Gasteiger partial charge is 0.152 e. The fraction of sp³-hybridized carbons (Fsp3) is 0.533. The third-order valence-corrected chi connectivity index (χ3v) is 3.50. The van der Waals surface area contributed by atoms with Crippen molar-refractivity contribution in [1.29, 1.82) is 0 Å². The van der Waals surface area contributed by atoms with Crippen molar-refractivity contribution < 1.29 is 4.79 Å². The summed E-state index contributed by atoms with van der Waals surface area (Å²) >= 11 is 5.87. The molecule has 0 radical (unpaired) electrons. The molecule has 0 aromatic heterocycles. The van der Waals surface area contributed by atoms with E-state index in [1.807, 2.05) is 52.1 Å². The Labute approximate surface area is 115 Å². The van der Waals surface area contributed by atoms with Crippen LogP contribution in [0.15, 0.2) is 24.3 Å². The molecule has 0 saturated carbocycles. The number of likely N-dealkylation sites (N-methyl/N-ethyl adjacent to an activating group) is 1. The Bertz CT molecular complexity index is 405. The van der Waals surface area contributed by atoms with Crippen LogP contribution in [0.3, 0.4) is 0 Å². The average molecular weight is 268 g/mol. The number of halogens is 1. The molecular weight excluding hydrogens is 246 g/mol. The minimum Gasteiger partial charge on any atom is -0.298 e. The molecule has 3 heteroatoms. The van der Waals surface area contributed by atoms with Gasteiger partial charge in [-0.25, -0.2) is 0 Å². The normalized spacial score (nSPS) is 13.7. The summed E-state index contributed by atoms with van der Waals surface area (Å²) < 4.78 is 0. The molecule has 0 aliphatic carbocycles. The third kappa shape index (κ3) is 4.11. The second-order valence-corrected chi connectivity index (χ2v) is 6.25. The molecular formula is C15H22ClNO. The van der Waals surface area contributed by atoms with Gasteiger partial charge in [0.25, 0.3) is 0 Å². The second-order valence-electron chi connectivity index (χ2n) is 5.82. The Hall–Kier alpha value is -0.860. The topological polar surface area (TPSA) is 20.3 Å². The highest BCUT2D eigenvalue weighted by atomic mass is 35.5. The van der Waals surface area contributed by atoms with Crippen LogP contribution in [0.2, 0.25) is 5.02 Å². The van der Waals surface area contributed by atoms with Gasteiger partial charge in [0.2, 0.25) is 0 Å². The molecule has 1 aromatic carbocycles. The summed E-state index contributed by atoms with van der Waals surface area (Å²) in [7, 11) is 1.98. The van der Waals surface area contributed by atoms with Crippen molar-refractivity contribution in [2.24, 2.45) is 5.41 Å². The zero-order chi connectivity index (χ0) is 13.9. The summed E-state index contributed by atoms with van der Waals surface area (Å²) in [5, 5.41) is 0.736. The van der Waals surface area contributed by atoms with Gasteiger partial charge < -0.3 is 0 Å². The van der Waals surface area contributed by atoms with Gasteiger partial charge in [-0.1, -0.05) is 44.5 Å². The van der Waals surface area contributed by atoms with Gasteiger partial charge in [0.15, 0.2) is 5.78 Å². The summed E-state index contributed by atoms with van der Waals surface area (Å²) in [6.45, 7) is 8.43. The lowest BCUT2D eigenvalue weighted by atomic mass is 9.90. The van der Waals surface area contributed by atoms with Crippen LogP contribution in [0.1, 0.15) is 39.3 Å². The van der Waals surface area contributed by atoms with E-state index in [0.29, 0.717) is 6.54 Å². The van der Waals surface area contributed by atoms with Crippen LogP contribution < -0.4 is 0 Å². The van der Waals surface area contributed by atoms with Gasteiger partial charge in [-0.05, 0) is 31.7 Å². The standard InChI is InChI=1S/C15H22ClNO/c1-11(12-6-8-13(16)9-7-12)17(5)10-14(18)15(2,3)4/h6-9,11H,10H2,1-5H3. The van der Waals surface area contributed by atoms with Crippen molar-refractivity contribution >= 4 is 17.4 Å². The molecule has 0 amide bonds. The van der Waals surface area contributed by atoms with E-state index in [4.69, 9.17) is 11.6 Å². The molecule has 1 atom stereocenters. The van der Waals surface area contributed by atoms with Gasteiger partial charge in [0.1, 0.15) is 0 Å². The van der Waals surface area contributed by atoms with E-state index >= 15 is 0 Å². The lowest BCUT2D eigenvalue weighted by Gasteiger charge is -2.27. The molecule has 1 aromatic rings. The summed E-state index contributed by atoms with van der Waals surface area (Å²) in [6, 6.07) is 7.98. The first kappa shape index (κ1) is 15.2. The van der Waals surface area contributed by atoms with Gasteiger partial charge in [-0.3, -0.25) is 9.69 Å². The summed E-state index contributed by atoms with van der Waals surface area (Å²) in [4.78, 5) is 14.1. The Morgan fingerprint density at radius 3 is 2.22 bits per heavy atom. The van der Waals surface area contributed by atoms with Crippen LogP contribution in [0, 0.1) is 5.41 Å². The molecule has 0 spiro atoms.